The quantitative estimate of drug-likeness (QED) is 0.497. The SMILES string of the molecule is CCCCCCCCCCCN1CCN(CC(=O)O)C1CC.N. The lowest BCUT2D eigenvalue weighted by atomic mass is 10.1. The molecule has 1 fully saturated rings. The Morgan fingerprint density at radius 1 is 0.913 bits per heavy atom. The summed E-state index contributed by atoms with van der Waals surface area (Å²) in [4.78, 5) is 15.5. The third-order valence-corrected chi connectivity index (χ3v) is 4.77. The highest BCUT2D eigenvalue weighted by Gasteiger charge is 2.30. The number of carbonyl (C=O) groups is 1. The van der Waals surface area contributed by atoms with E-state index in [9.17, 15) is 4.79 Å². The summed E-state index contributed by atoms with van der Waals surface area (Å²) in [5, 5.41) is 8.96. The Balaban J connectivity index is 0.00000484. The van der Waals surface area contributed by atoms with E-state index < -0.39 is 5.97 Å². The van der Waals surface area contributed by atoms with Gasteiger partial charge in [0.1, 0.15) is 0 Å². The highest BCUT2D eigenvalue weighted by molar-refractivity contribution is 5.69. The van der Waals surface area contributed by atoms with Crippen LogP contribution in [0.1, 0.15) is 78.1 Å². The first-order chi connectivity index (χ1) is 10.7. The molecule has 1 atom stereocenters. The van der Waals surface area contributed by atoms with E-state index in [4.69, 9.17) is 5.11 Å². The Bertz CT molecular complexity index is 300. The Morgan fingerprint density at radius 2 is 1.43 bits per heavy atom. The van der Waals surface area contributed by atoms with Crippen LogP contribution in [0.5, 0.6) is 0 Å². The molecule has 138 valence electrons. The number of hydrogen-bond donors (Lipinski definition) is 2. The molecule has 0 bridgehead atoms. The average Bonchev–Trinajstić information content (AvgIpc) is 2.86. The molecular formula is C18H39N3O2. The van der Waals surface area contributed by atoms with Crippen LogP contribution in [0.4, 0.5) is 0 Å². The molecule has 0 aliphatic carbocycles. The second kappa shape index (κ2) is 13.8. The molecule has 1 rings (SSSR count). The van der Waals surface area contributed by atoms with E-state index in [2.05, 4.69) is 23.6 Å². The summed E-state index contributed by atoms with van der Waals surface area (Å²) < 4.78 is 0. The van der Waals surface area contributed by atoms with E-state index >= 15 is 0 Å². The zero-order valence-electron chi connectivity index (χ0n) is 15.4. The summed E-state index contributed by atoms with van der Waals surface area (Å²) in [5.41, 5.74) is 0. The van der Waals surface area contributed by atoms with E-state index in [0.717, 1.165) is 26.1 Å². The summed E-state index contributed by atoms with van der Waals surface area (Å²) in [7, 11) is 0. The molecule has 1 aliphatic heterocycles. The van der Waals surface area contributed by atoms with Crippen LogP contribution in [0.15, 0.2) is 0 Å². The average molecular weight is 330 g/mol. The number of rotatable bonds is 13. The van der Waals surface area contributed by atoms with Crippen LogP contribution >= 0.6 is 0 Å². The zero-order valence-corrected chi connectivity index (χ0v) is 15.4. The topological polar surface area (TPSA) is 78.8 Å². The van der Waals surface area contributed by atoms with E-state index in [0.29, 0.717) is 6.17 Å². The van der Waals surface area contributed by atoms with Gasteiger partial charge in [-0.15, -0.1) is 0 Å². The minimum absolute atomic E-state index is 0. The Morgan fingerprint density at radius 3 is 1.96 bits per heavy atom. The molecule has 23 heavy (non-hydrogen) atoms. The first kappa shape index (κ1) is 22.4. The second-order valence-electron chi connectivity index (χ2n) is 6.62. The summed E-state index contributed by atoms with van der Waals surface area (Å²) in [6.07, 6.45) is 13.6. The molecule has 5 nitrogen and oxygen atoms in total. The van der Waals surface area contributed by atoms with Crippen LogP contribution in [0.25, 0.3) is 0 Å². The molecule has 0 aromatic rings. The van der Waals surface area contributed by atoms with E-state index in [1.54, 1.807) is 0 Å². The fourth-order valence-corrected chi connectivity index (χ4v) is 3.55. The van der Waals surface area contributed by atoms with Gasteiger partial charge in [-0.1, -0.05) is 65.2 Å². The number of nitrogens with zero attached hydrogens (tertiary/aromatic N) is 2. The highest BCUT2D eigenvalue weighted by atomic mass is 16.4. The molecule has 5 heteroatoms. The fourth-order valence-electron chi connectivity index (χ4n) is 3.55. The molecule has 0 amide bonds. The molecular weight excluding hydrogens is 290 g/mol. The number of unbranched alkanes of at least 4 members (excludes halogenated alkanes) is 8. The van der Waals surface area contributed by atoms with Crippen molar-refractivity contribution in [1.82, 2.24) is 16.0 Å². The molecule has 0 saturated carbocycles. The van der Waals surface area contributed by atoms with Gasteiger partial charge in [0.2, 0.25) is 0 Å². The molecule has 1 saturated heterocycles. The zero-order chi connectivity index (χ0) is 16.2. The molecule has 0 spiro atoms. The van der Waals surface area contributed by atoms with Crippen molar-refractivity contribution >= 4 is 5.97 Å². The van der Waals surface area contributed by atoms with Gasteiger partial charge in [-0.25, -0.2) is 0 Å². The van der Waals surface area contributed by atoms with Gasteiger partial charge in [-0.3, -0.25) is 14.6 Å². The Kier molecular flexibility index (Phi) is 13.4. The van der Waals surface area contributed by atoms with Crippen LogP contribution in [0, 0.1) is 0 Å². The number of hydrogen-bond acceptors (Lipinski definition) is 4. The van der Waals surface area contributed by atoms with Crippen LogP contribution in [0.3, 0.4) is 0 Å². The van der Waals surface area contributed by atoms with E-state index in [-0.39, 0.29) is 12.7 Å². The third-order valence-electron chi connectivity index (χ3n) is 4.77. The lowest BCUT2D eigenvalue weighted by Gasteiger charge is -2.28. The van der Waals surface area contributed by atoms with Crippen molar-refractivity contribution in [2.24, 2.45) is 0 Å². The van der Waals surface area contributed by atoms with Crippen molar-refractivity contribution in [1.29, 1.82) is 0 Å². The maximum Gasteiger partial charge on any atom is 0.317 e. The first-order valence-electron chi connectivity index (χ1n) is 9.39. The molecule has 4 N–H and O–H groups in total. The summed E-state index contributed by atoms with van der Waals surface area (Å²) >= 11 is 0. The van der Waals surface area contributed by atoms with Gasteiger partial charge in [0.05, 0.1) is 12.7 Å². The molecule has 0 aromatic carbocycles. The summed E-state index contributed by atoms with van der Waals surface area (Å²) in [6, 6.07) is 0. The molecule has 1 unspecified atom stereocenters. The summed E-state index contributed by atoms with van der Waals surface area (Å²) in [6.45, 7) is 7.68. The first-order valence-corrected chi connectivity index (χ1v) is 9.39. The van der Waals surface area contributed by atoms with Gasteiger partial charge in [0.25, 0.3) is 0 Å². The Labute approximate surface area is 143 Å². The lowest BCUT2D eigenvalue weighted by molar-refractivity contribution is -0.138. The van der Waals surface area contributed by atoms with Gasteiger partial charge in [0, 0.05) is 13.1 Å². The fraction of sp³-hybridized carbons (Fsp3) is 0.944. The number of carboxylic acid groups (broad SMARTS) is 1. The second-order valence-corrected chi connectivity index (χ2v) is 6.62. The highest BCUT2D eigenvalue weighted by Crippen LogP contribution is 2.18. The van der Waals surface area contributed by atoms with Gasteiger partial charge >= 0.3 is 5.97 Å². The maximum atomic E-state index is 10.9. The minimum Gasteiger partial charge on any atom is -0.480 e. The van der Waals surface area contributed by atoms with Crippen molar-refractivity contribution in [3.63, 3.8) is 0 Å². The van der Waals surface area contributed by atoms with Crippen LogP contribution < -0.4 is 6.15 Å². The van der Waals surface area contributed by atoms with Crippen molar-refractivity contribution < 1.29 is 9.90 Å². The van der Waals surface area contributed by atoms with Gasteiger partial charge in [0.15, 0.2) is 0 Å². The number of aliphatic carboxylic acids is 1. The minimum atomic E-state index is -0.705. The number of carboxylic acids is 1. The van der Waals surface area contributed by atoms with Crippen LogP contribution in [-0.4, -0.2) is 53.2 Å². The van der Waals surface area contributed by atoms with Gasteiger partial charge < -0.3 is 11.3 Å². The Hall–Kier alpha value is -0.650. The lowest BCUT2D eigenvalue weighted by Crippen LogP contribution is -2.41. The molecule has 0 radical (unpaired) electrons. The maximum absolute atomic E-state index is 10.9. The van der Waals surface area contributed by atoms with E-state index in [1.165, 1.54) is 57.8 Å². The predicted octanol–water partition coefficient (Wildman–Crippen LogP) is 4.12. The van der Waals surface area contributed by atoms with Gasteiger partial charge in [-0.2, -0.15) is 0 Å². The van der Waals surface area contributed by atoms with Crippen molar-refractivity contribution in [3.8, 4) is 0 Å². The molecule has 1 heterocycles. The third kappa shape index (κ3) is 9.28. The van der Waals surface area contributed by atoms with Crippen molar-refractivity contribution in [2.45, 2.75) is 84.2 Å². The van der Waals surface area contributed by atoms with Crippen molar-refractivity contribution in [3.05, 3.63) is 0 Å². The predicted molar refractivity (Wildman–Crippen MR) is 97.1 cm³/mol. The monoisotopic (exact) mass is 329 g/mol. The van der Waals surface area contributed by atoms with Crippen molar-refractivity contribution in [2.75, 3.05) is 26.2 Å². The summed E-state index contributed by atoms with van der Waals surface area (Å²) in [5.74, 6) is -0.705. The van der Waals surface area contributed by atoms with E-state index in [1.807, 2.05) is 0 Å². The standard InChI is InChI=1S/C18H36N2O2.H3N/c1-3-5-6-7-8-9-10-11-12-13-19-14-15-20(16-18(21)22)17(19)4-2;/h17H,3-16H2,1-2H3,(H,21,22);1H3. The van der Waals surface area contributed by atoms with Gasteiger partial charge in [-0.05, 0) is 19.4 Å². The van der Waals surface area contributed by atoms with Crippen LogP contribution in [-0.2, 0) is 4.79 Å². The normalized spacial score (nSPS) is 19.0. The smallest absolute Gasteiger partial charge is 0.317 e. The largest absolute Gasteiger partial charge is 0.480 e. The van der Waals surface area contributed by atoms with Crippen LogP contribution in [0.2, 0.25) is 0 Å². The molecule has 1 aliphatic rings. The molecule has 0 aromatic heterocycles.